The van der Waals surface area contributed by atoms with Gasteiger partial charge in [0.1, 0.15) is 0 Å². The first-order valence-electron chi connectivity index (χ1n) is 10.2. The molecule has 0 atom stereocenters. The van der Waals surface area contributed by atoms with Crippen LogP contribution < -0.4 is 10.6 Å². The minimum Gasteiger partial charge on any atom is -0.392 e. The molecule has 31 heavy (non-hydrogen) atoms. The van der Waals surface area contributed by atoms with Crippen molar-refractivity contribution < 1.29 is 9.90 Å². The van der Waals surface area contributed by atoms with Gasteiger partial charge < -0.3 is 15.7 Å². The molecule has 0 heterocycles. The highest BCUT2D eigenvalue weighted by Crippen LogP contribution is 2.24. The Kier molecular flexibility index (Phi) is 8.22. The largest absolute Gasteiger partial charge is 0.392 e. The lowest BCUT2D eigenvalue weighted by molar-refractivity contribution is 0.102. The third-order valence-electron chi connectivity index (χ3n) is 4.74. The van der Waals surface area contributed by atoms with Crippen LogP contribution >= 0.6 is 0 Å². The van der Waals surface area contributed by atoms with Crippen LogP contribution in [0.5, 0.6) is 0 Å². The lowest BCUT2D eigenvalue weighted by Crippen LogP contribution is -2.22. The Morgan fingerprint density at radius 1 is 1.13 bits per heavy atom. The summed E-state index contributed by atoms with van der Waals surface area (Å²) in [6.45, 7) is 12.2. The Morgan fingerprint density at radius 3 is 2.32 bits per heavy atom. The first-order chi connectivity index (χ1) is 14.7. The molecule has 164 valence electrons. The number of hydrogen-bond acceptors (Lipinski definition) is 3. The lowest BCUT2D eigenvalue weighted by Gasteiger charge is -2.19. The second kappa shape index (κ2) is 10.6. The smallest absolute Gasteiger partial charge is 0.255 e. The number of nitrogens with one attached hydrogen (secondary N) is 2. The van der Waals surface area contributed by atoms with E-state index in [1.165, 1.54) is 0 Å². The fourth-order valence-corrected chi connectivity index (χ4v) is 3.01. The Bertz CT molecular complexity index is 986. The summed E-state index contributed by atoms with van der Waals surface area (Å²) in [6.07, 6.45) is 0. The van der Waals surface area contributed by atoms with Gasteiger partial charge in [-0.25, -0.2) is 4.99 Å². The van der Waals surface area contributed by atoms with Crippen molar-refractivity contribution in [1.29, 1.82) is 0 Å². The average Bonchev–Trinajstić information content (AvgIpc) is 2.76. The van der Waals surface area contributed by atoms with Crippen LogP contribution in [0.15, 0.2) is 57.4 Å². The number of nitrogens with zero attached hydrogens (tertiary/aromatic N) is 3. The fraction of sp³-hybridized carbons (Fsp3) is 0.333. The molecule has 0 saturated heterocycles. The van der Waals surface area contributed by atoms with Crippen molar-refractivity contribution in [2.45, 2.75) is 39.7 Å². The predicted molar refractivity (Wildman–Crippen MR) is 129 cm³/mol. The van der Waals surface area contributed by atoms with Gasteiger partial charge in [-0.1, -0.05) is 45.0 Å². The van der Waals surface area contributed by atoms with Crippen LogP contribution in [0.4, 0.5) is 5.69 Å². The number of amides is 1. The van der Waals surface area contributed by atoms with Gasteiger partial charge in [0, 0.05) is 36.0 Å². The van der Waals surface area contributed by atoms with Crippen LogP contribution in [0.1, 0.15) is 54.7 Å². The summed E-state index contributed by atoms with van der Waals surface area (Å²) >= 11 is 0. The highest BCUT2D eigenvalue weighted by Gasteiger charge is 2.17. The van der Waals surface area contributed by atoms with E-state index in [1.807, 2.05) is 19.1 Å². The van der Waals surface area contributed by atoms with E-state index < -0.39 is 0 Å². The van der Waals surface area contributed by atoms with Gasteiger partial charge in [-0.05, 0) is 42.8 Å². The van der Waals surface area contributed by atoms with Crippen LogP contribution in [-0.4, -0.2) is 43.1 Å². The lowest BCUT2D eigenvalue weighted by atomic mass is 9.86. The topological polar surface area (TPSA) is 98.4 Å². The molecule has 2 rings (SSSR count). The molecule has 0 unspecified atom stereocenters. The summed E-state index contributed by atoms with van der Waals surface area (Å²) in [7, 11) is 1.62. The maximum atomic E-state index is 12.8. The highest BCUT2D eigenvalue weighted by atomic mass is 16.3. The number of aliphatic imine (C=N–C) groups is 3. The zero-order valence-corrected chi connectivity index (χ0v) is 18.9. The van der Waals surface area contributed by atoms with E-state index in [9.17, 15) is 9.90 Å². The maximum absolute atomic E-state index is 12.8. The summed E-state index contributed by atoms with van der Waals surface area (Å²) in [4.78, 5) is 25.3. The van der Waals surface area contributed by atoms with E-state index >= 15 is 0 Å². The summed E-state index contributed by atoms with van der Waals surface area (Å²) in [5.74, 6) is 0.444. The number of hydrogen-bond donors (Lipinski definition) is 3. The van der Waals surface area contributed by atoms with Crippen LogP contribution in [0.3, 0.4) is 0 Å². The van der Waals surface area contributed by atoms with Gasteiger partial charge in [-0.2, -0.15) is 4.99 Å². The number of guanidine groups is 1. The fourth-order valence-electron chi connectivity index (χ4n) is 3.01. The second-order valence-corrected chi connectivity index (χ2v) is 7.94. The monoisotopic (exact) mass is 421 g/mol. The van der Waals surface area contributed by atoms with Crippen molar-refractivity contribution in [1.82, 2.24) is 5.32 Å². The summed E-state index contributed by atoms with van der Waals surface area (Å²) in [6, 6.07) is 12.8. The number of aliphatic hydroxyl groups is 1. The number of carbonyl (C=O) groups is 1. The van der Waals surface area contributed by atoms with Gasteiger partial charge in [0.15, 0.2) is 5.84 Å². The summed E-state index contributed by atoms with van der Waals surface area (Å²) in [5.41, 5.74) is 3.24. The predicted octanol–water partition coefficient (Wildman–Crippen LogP) is 3.77. The molecule has 1 amide bonds. The molecule has 0 bridgehead atoms. The van der Waals surface area contributed by atoms with E-state index in [1.54, 1.807) is 37.4 Å². The van der Waals surface area contributed by atoms with Gasteiger partial charge in [-0.3, -0.25) is 9.79 Å². The molecule has 0 aliphatic carbocycles. The summed E-state index contributed by atoms with van der Waals surface area (Å²) < 4.78 is 0. The number of carbonyl (C=O) groups excluding carboxylic acids is 1. The maximum Gasteiger partial charge on any atom is 0.255 e. The van der Waals surface area contributed by atoms with Gasteiger partial charge in [0.2, 0.25) is 5.96 Å². The Morgan fingerprint density at radius 2 is 1.81 bits per heavy atom. The zero-order chi connectivity index (χ0) is 23.0. The Labute approximate surface area is 184 Å². The van der Waals surface area contributed by atoms with Gasteiger partial charge in [0.05, 0.1) is 6.61 Å². The van der Waals surface area contributed by atoms with E-state index in [-0.39, 0.29) is 17.9 Å². The third-order valence-corrected chi connectivity index (χ3v) is 4.74. The van der Waals surface area contributed by atoms with Crippen molar-refractivity contribution in [2.75, 3.05) is 18.9 Å². The van der Waals surface area contributed by atoms with Crippen molar-refractivity contribution in [2.24, 2.45) is 15.0 Å². The normalized spacial score (nSPS) is 12.5. The first-order valence-corrected chi connectivity index (χ1v) is 10.2. The SMILES string of the molecule is C=N/C(=N\C(=NC)NCC)c1cccc(NC(=O)c2ccc(C(C)(C)C)cc2)c1CO. The first kappa shape index (κ1) is 24.0. The average molecular weight is 422 g/mol. The molecular weight excluding hydrogens is 390 g/mol. The molecule has 0 spiro atoms. The van der Waals surface area contributed by atoms with Gasteiger partial charge in [-0.15, -0.1) is 0 Å². The van der Waals surface area contributed by atoms with Gasteiger partial charge in [0.25, 0.3) is 5.91 Å². The number of rotatable bonds is 5. The van der Waals surface area contributed by atoms with Crippen molar-refractivity contribution in [3.8, 4) is 0 Å². The highest BCUT2D eigenvalue weighted by molar-refractivity contribution is 6.10. The third kappa shape index (κ3) is 6.08. The molecule has 7 nitrogen and oxygen atoms in total. The molecule has 7 heteroatoms. The van der Waals surface area contributed by atoms with Crippen molar-refractivity contribution in [3.63, 3.8) is 0 Å². The number of aliphatic hydroxyl groups excluding tert-OH is 1. The molecule has 0 fully saturated rings. The Hall–Kier alpha value is -3.32. The Balaban J connectivity index is 2.37. The standard InChI is InChI=1S/C24H31N5O2/c1-7-27-23(26-6)29-21(25-5)18-9-8-10-20(19(18)15-30)28-22(31)16-11-13-17(14-12-16)24(2,3)4/h8-14,30H,5,7,15H2,1-4,6H3,(H,26,27)(H,28,31)/b29-21-. The zero-order valence-electron chi connectivity index (χ0n) is 18.9. The molecule has 2 aromatic rings. The molecule has 3 N–H and O–H groups in total. The molecule has 0 aliphatic rings. The van der Waals surface area contributed by atoms with Crippen LogP contribution in [0, 0.1) is 0 Å². The van der Waals surface area contributed by atoms with Crippen molar-refractivity contribution >= 4 is 30.1 Å². The molecule has 0 saturated carbocycles. The van der Waals surface area contributed by atoms with Crippen LogP contribution in [0.25, 0.3) is 0 Å². The molecule has 0 radical (unpaired) electrons. The quantitative estimate of drug-likeness (QED) is 0.506. The summed E-state index contributed by atoms with van der Waals surface area (Å²) in [5, 5.41) is 15.9. The van der Waals surface area contributed by atoms with Crippen LogP contribution in [0.2, 0.25) is 0 Å². The minimum atomic E-state index is -0.302. The van der Waals surface area contributed by atoms with E-state index in [0.29, 0.717) is 40.7 Å². The molecular formula is C24H31N5O2. The van der Waals surface area contributed by atoms with E-state index in [0.717, 1.165) is 5.56 Å². The van der Waals surface area contributed by atoms with Gasteiger partial charge >= 0.3 is 0 Å². The number of benzene rings is 2. The number of anilines is 1. The number of amidine groups is 1. The molecule has 0 aliphatic heterocycles. The van der Waals surface area contributed by atoms with Crippen molar-refractivity contribution in [3.05, 3.63) is 64.7 Å². The minimum absolute atomic E-state index is 0.00803. The van der Waals surface area contributed by atoms with E-state index in [4.69, 9.17) is 0 Å². The second-order valence-electron chi connectivity index (χ2n) is 7.94. The van der Waals surface area contributed by atoms with E-state index in [2.05, 4.69) is 53.1 Å². The molecule has 0 aromatic heterocycles. The van der Waals surface area contributed by atoms with Crippen LogP contribution in [-0.2, 0) is 12.0 Å². The molecule has 2 aromatic carbocycles.